The van der Waals surface area contributed by atoms with Crippen molar-refractivity contribution in [3.63, 3.8) is 0 Å². The fraction of sp³-hybridized carbons (Fsp3) is 0.417. The van der Waals surface area contributed by atoms with E-state index in [1.165, 1.54) is 0 Å². The molecule has 0 saturated heterocycles. The Morgan fingerprint density at radius 2 is 2.29 bits per heavy atom. The van der Waals surface area contributed by atoms with Crippen molar-refractivity contribution in [3.05, 3.63) is 28.8 Å². The zero-order chi connectivity index (χ0) is 12.7. The summed E-state index contributed by atoms with van der Waals surface area (Å²) < 4.78 is 5.30. The number of hydrogen-bond donors (Lipinski definition) is 2. The summed E-state index contributed by atoms with van der Waals surface area (Å²) in [5, 5.41) is 11.8. The van der Waals surface area contributed by atoms with Crippen molar-refractivity contribution in [2.75, 3.05) is 13.2 Å². The van der Waals surface area contributed by atoms with Gasteiger partial charge in [-0.3, -0.25) is 4.79 Å². The quantitative estimate of drug-likeness (QED) is 0.816. The summed E-state index contributed by atoms with van der Waals surface area (Å²) in [5.74, 6) is 0.456. The highest BCUT2D eigenvalue weighted by molar-refractivity contribution is 6.32. The molecule has 0 aliphatic heterocycles. The van der Waals surface area contributed by atoms with Gasteiger partial charge < -0.3 is 15.2 Å². The maximum Gasteiger partial charge on any atom is 0.222 e. The molecule has 0 spiro atoms. The van der Waals surface area contributed by atoms with Crippen LogP contribution in [-0.4, -0.2) is 24.2 Å². The number of ether oxygens (including phenoxy) is 1. The minimum Gasteiger partial charge on any atom is -0.492 e. The van der Waals surface area contributed by atoms with Crippen molar-refractivity contribution in [1.82, 2.24) is 5.32 Å². The second kappa shape index (κ2) is 7.14. The van der Waals surface area contributed by atoms with Crippen LogP contribution in [0.15, 0.2) is 18.2 Å². The zero-order valence-corrected chi connectivity index (χ0v) is 10.5. The molecular formula is C12H16ClNO3. The summed E-state index contributed by atoms with van der Waals surface area (Å²) >= 11 is 6.01. The number of hydrogen-bond acceptors (Lipinski definition) is 3. The summed E-state index contributed by atoms with van der Waals surface area (Å²) in [5.41, 5.74) is 0.893. The van der Waals surface area contributed by atoms with Crippen LogP contribution in [0.4, 0.5) is 0 Å². The number of halogens is 1. The Bertz CT molecular complexity index is 382. The molecule has 0 saturated carbocycles. The number of carbonyl (C=O) groups excluding carboxylic acids is 1. The van der Waals surface area contributed by atoms with Crippen molar-refractivity contribution in [2.24, 2.45) is 0 Å². The van der Waals surface area contributed by atoms with E-state index in [0.29, 0.717) is 23.9 Å². The molecule has 0 atom stereocenters. The summed E-state index contributed by atoms with van der Waals surface area (Å²) in [4.78, 5) is 11.1. The number of nitrogens with one attached hydrogen (secondary N) is 1. The first kappa shape index (κ1) is 13.8. The van der Waals surface area contributed by atoms with Gasteiger partial charge in [0.1, 0.15) is 5.75 Å². The van der Waals surface area contributed by atoms with Crippen molar-refractivity contribution in [1.29, 1.82) is 0 Å². The molecule has 0 unspecified atom stereocenters. The van der Waals surface area contributed by atoms with E-state index >= 15 is 0 Å². The van der Waals surface area contributed by atoms with Gasteiger partial charge in [-0.2, -0.15) is 0 Å². The third-order valence-corrected chi connectivity index (χ3v) is 2.42. The van der Waals surface area contributed by atoms with E-state index in [0.717, 1.165) is 5.56 Å². The minimum absolute atomic E-state index is 0.116. The van der Waals surface area contributed by atoms with Gasteiger partial charge in [0.15, 0.2) is 0 Å². The molecule has 1 aromatic rings. The molecule has 2 N–H and O–H groups in total. The van der Waals surface area contributed by atoms with Gasteiger partial charge in [0.2, 0.25) is 5.91 Å². The third kappa shape index (κ3) is 4.63. The lowest BCUT2D eigenvalue weighted by Gasteiger charge is -2.08. The average Bonchev–Trinajstić information content (AvgIpc) is 2.30. The van der Waals surface area contributed by atoms with Gasteiger partial charge in [0.05, 0.1) is 18.2 Å². The second-order valence-electron chi connectivity index (χ2n) is 3.45. The Kier molecular flexibility index (Phi) is 5.80. The molecule has 5 heteroatoms. The molecule has 0 heterocycles. The van der Waals surface area contributed by atoms with Crippen LogP contribution in [0.2, 0.25) is 5.02 Å². The SMILES string of the molecule is CCOc1ccc(CNC(=O)CCO)cc1Cl. The van der Waals surface area contributed by atoms with Crippen molar-refractivity contribution < 1.29 is 14.6 Å². The van der Waals surface area contributed by atoms with Crippen molar-refractivity contribution >= 4 is 17.5 Å². The second-order valence-corrected chi connectivity index (χ2v) is 3.86. The van der Waals surface area contributed by atoms with Crippen LogP contribution in [0.1, 0.15) is 18.9 Å². The number of aliphatic hydroxyl groups is 1. The van der Waals surface area contributed by atoms with Crippen LogP contribution in [-0.2, 0) is 11.3 Å². The van der Waals surface area contributed by atoms with Gasteiger partial charge in [-0.05, 0) is 24.6 Å². The van der Waals surface area contributed by atoms with E-state index in [1.54, 1.807) is 12.1 Å². The summed E-state index contributed by atoms with van der Waals surface area (Å²) in [7, 11) is 0. The van der Waals surface area contributed by atoms with Gasteiger partial charge in [-0.1, -0.05) is 17.7 Å². The van der Waals surface area contributed by atoms with Gasteiger partial charge in [0, 0.05) is 13.0 Å². The molecule has 0 aromatic heterocycles. The van der Waals surface area contributed by atoms with Crippen LogP contribution in [0.25, 0.3) is 0 Å². The predicted molar refractivity (Wildman–Crippen MR) is 66.2 cm³/mol. The molecule has 0 radical (unpaired) electrons. The first-order chi connectivity index (χ1) is 8.17. The Morgan fingerprint density at radius 3 is 2.88 bits per heavy atom. The zero-order valence-electron chi connectivity index (χ0n) is 9.70. The predicted octanol–water partition coefficient (Wildman–Crippen LogP) is 1.74. The van der Waals surface area contributed by atoms with E-state index in [1.807, 2.05) is 13.0 Å². The number of aliphatic hydroxyl groups excluding tert-OH is 1. The highest BCUT2D eigenvalue weighted by atomic mass is 35.5. The lowest BCUT2D eigenvalue weighted by molar-refractivity contribution is -0.121. The molecule has 17 heavy (non-hydrogen) atoms. The van der Waals surface area contributed by atoms with Crippen LogP contribution < -0.4 is 10.1 Å². The molecule has 1 rings (SSSR count). The first-order valence-corrected chi connectivity index (χ1v) is 5.84. The van der Waals surface area contributed by atoms with Crippen LogP contribution in [0.3, 0.4) is 0 Å². The Labute approximate surface area is 106 Å². The van der Waals surface area contributed by atoms with Crippen LogP contribution >= 0.6 is 11.6 Å². The lowest BCUT2D eigenvalue weighted by Crippen LogP contribution is -2.23. The highest BCUT2D eigenvalue weighted by Gasteiger charge is 2.04. The molecule has 0 fully saturated rings. The van der Waals surface area contributed by atoms with E-state index in [2.05, 4.69) is 5.32 Å². The molecule has 4 nitrogen and oxygen atoms in total. The van der Waals surface area contributed by atoms with Gasteiger partial charge in [-0.25, -0.2) is 0 Å². The Balaban J connectivity index is 2.55. The molecule has 94 valence electrons. The third-order valence-electron chi connectivity index (χ3n) is 2.12. The molecule has 0 aliphatic rings. The summed E-state index contributed by atoms with van der Waals surface area (Å²) in [6, 6.07) is 5.38. The van der Waals surface area contributed by atoms with Gasteiger partial charge in [-0.15, -0.1) is 0 Å². The maximum atomic E-state index is 11.1. The van der Waals surface area contributed by atoms with E-state index in [4.69, 9.17) is 21.4 Å². The van der Waals surface area contributed by atoms with Crippen LogP contribution in [0.5, 0.6) is 5.75 Å². The smallest absolute Gasteiger partial charge is 0.222 e. The minimum atomic E-state index is -0.183. The number of carbonyl (C=O) groups is 1. The molecule has 0 bridgehead atoms. The molecule has 0 aliphatic carbocycles. The number of benzene rings is 1. The summed E-state index contributed by atoms with van der Waals surface area (Å²) in [6.07, 6.45) is 0.116. The normalized spacial score (nSPS) is 10.1. The fourth-order valence-corrected chi connectivity index (χ4v) is 1.58. The van der Waals surface area contributed by atoms with E-state index in [-0.39, 0.29) is 18.9 Å². The van der Waals surface area contributed by atoms with E-state index < -0.39 is 0 Å². The monoisotopic (exact) mass is 257 g/mol. The summed E-state index contributed by atoms with van der Waals surface area (Å²) in [6.45, 7) is 2.70. The van der Waals surface area contributed by atoms with Crippen molar-refractivity contribution in [3.8, 4) is 5.75 Å². The largest absolute Gasteiger partial charge is 0.492 e. The number of amides is 1. The molecule has 1 amide bonds. The topological polar surface area (TPSA) is 58.6 Å². The van der Waals surface area contributed by atoms with Crippen molar-refractivity contribution in [2.45, 2.75) is 19.9 Å². The van der Waals surface area contributed by atoms with Gasteiger partial charge in [0.25, 0.3) is 0 Å². The Hall–Kier alpha value is -1.26. The number of rotatable bonds is 6. The van der Waals surface area contributed by atoms with E-state index in [9.17, 15) is 4.79 Å². The maximum absolute atomic E-state index is 11.1. The molecule has 1 aromatic carbocycles. The lowest BCUT2D eigenvalue weighted by atomic mass is 10.2. The van der Waals surface area contributed by atoms with Gasteiger partial charge >= 0.3 is 0 Å². The standard InChI is InChI=1S/C12H16ClNO3/c1-2-17-11-4-3-9(7-10(11)13)8-14-12(16)5-6-15/h3-4,7,15H,2,5-6,8H2,1H3,(H,14,16). The average molecular weight is 258 g/mol. The molecular weight excluding hydrogens is 242 g/mol. The highest BCUT2D eigenvalue weighted by Crippen LogP contribution is 2.25. The van der Waals surface area contributed by atoms with Crippen LogP contribution in [0, 0.1) is 0 Å². The Morgan fingerprint density at radius 1 is 1.53 bits per heavy atom. The first-order valence-electron chi connectivity index (χ1n) is 5.46. The fourth-order valence-electron chi connectivity index (χ4n) is 1.32.